The van der Waals surface area contributed by atoms with Crippen molar-refractivity contribution >= 4 is 31.5 Å². The zero-order valence-corrected chi connectivity index (χ0v) is 34.7. The summed E-state index contributed by atoms with van der Waals surface area (Å²) in [5.74, 6) is 3.68. The summed E-state index contributed by atoms with van der Waals surface area (Å²) in [7, 11) is 0. The number of ether oxygens (including phenoxy) is 1. The van der Waals surface area contributed by atoms with Gasteiger partial charge in [0.15, 0.2) is 17.5 Å². The molecule has 0 saturated heterocycles. The zero-order chi connectivity index (χ0) is 41.5. The van der Waals surface area contributed by atoms with Crippen molar-refractivity contribution in [1.29, 1.82) is 0 Å². The summed E-state index contributed by atoms with van der Waals surface area (Å²) in [6.45, 7) is 0. The molecular formula is C58H35N3OS. The van der Waals surface area contributed by atoms with Crippen LogP contribution in [0.25, 0.3) is 87.7 Å². The Bertz CT molecular complexity index is 3560. The molecule has 0 N–H and O–H groups in total. The Balaban J connectivity index is 0.955. The third-order valence-corrected chi connectivity index (χ3v) is 13.9. The molecule has 1 aliphatic carbocycles. The molecule has 1 spiro atoms. The van der Waals surface area contributed by atoms with Gasteiger partial charge in [-0.05, 0) is 93.0 Å². The Hall–Kier alpha value is -7.99. The van der Waals surface area contributed by atoms with Crippen LogP contribution in [0.2, 0.25) is 0 Å². The lowest BCUT2D eigenvalue weighted by molar-refractivity contribution is 0.436. The molecule has 2 aromatic heterocycles. The summed E-state index contributed by atoms with van der Waals surface area (Å²) >= 11 is 1.87. The maximum atomic E-state index is 6.84. The van der Waals surface area contributed by atoms with Gasteiger partial charge in [0.25, 0.3) is 0 Å². The number of benzene rings is 9. The van der Waals surface area contributed by atoms with E-state index in [4.69, 9.17) is 19.7 Å². The van der Waals surface area contributed by atoms with Gasteiger partial charge in [0.2, 0.25) is 0 Å². The van der Waals surface area contributed by atoms with Crippen molar-refractivity contribution in [3.05, 3.63) is 235 Å². The van der Waals surface area contributed by atoms with Crippen LogP contribution in [-0.2, 0) is 5.41 Å². The number of thiophene rings is 1. The minimum Gasteiger partial charge on any atom is -0.457 e. The normalized spacial score (nSPS) is 14.5. The van der Waals surface area contributed by atoms with Crippen LogP contribution in [0.5, 0.6) is 11.5 Å². The summed E-state index contributed by atoms with van der Waals surface area (Å²) in [6, 6.07) is 75.6. The summed E-state index contributed by atoms with van der Waals surface area (Å²) in [6.07, 6.45) is 0. The predicted molar refractivity (Wildman–Crippen MR) is 257 cm³/mol. The van der Waals surface area contributed by atoms with E-state index < -0.39 is 5.41 Å². The van der Waals surface area contributed by atoms with Crippen molar-refractivity contribution in [3.8, 4) is 79.0 Å². The molecule has 1 atom stereocenters. The summed E-state index contributed by atoms with van der Waals surface area (Å²) in [4.78, 5) is 14.9. The number of fused-ring (bicyclic) bond motifs is 12. The molecule has 11 aromatic rings. The fourth-order valence-corrected chi connectivity index (χ4v) is 11.1. The number of rotatable bonds is 5. The summed E-state index contributed by atoms with van der Waals surface area (Å²) < 4.78 is 9.45. The second kappa shape index (κ2) is 14.0. The van der Waals surface area contributed by atoms with E-state index in [9.17, 15) is 0 Å². The minimum atomic E-state index is -0.586. The molecule has 63 heavy (non-hydrogen) atoms. The fraction of sp³-hybridized carbons (Fsp3) is 0.0172. The molecule has 1 aliphatic heterocycles. The highest BCUT2D eigenvalue weighted by molar-refractivity contribution is 7.25. The quantitative estimate of drug-likeness (QED) is 0.173. The van der Waals surface area contributed by atoms with Crippen LogP contribution in [0, 0.1) is 0 Å². The van der Waals surface area contributed by atoms with Crippen molar-refractivity contribution in [3.63, 3.8) is 0 Å². The van der Waals surface area contributed by atoms with E-state index in [1.54, 1.807) is 0 Å². The van der Waals surface area contributed by atoms with E-state index in [-0.39, 0.29) is 0 Å². The first-order chi connectivity index (χ1) is 31.2. The van der Waals surface area contributed by atoms with Gasteiger partial charge in [-0.1, -0.05) is 164 Å². The van der Waals surface area contributed by atoms with Crippen LogP contribution < -0.4 is 4.74 Å². The number of hydrogen-bond donors (Lipinski definition) is 0. The van der Waals surface area contributed by atoms with E-state index in [1.165, 1.54) is 42.4 Å². The Labute approximate surface area is 368 Å². The standard InChI is InChI=1S/C58H35N3OS/c1-3-15-36(16-4-1)55-59-56(37-17-5-2-6-18-37)61-57(60-55)42-22-14-21-40(32-42)38-19-13-20-39(31-38)41-29-30-52-50(33-41)58(48-26-10-11-27-51(48)62-52)47-25-9-7-23-43(47)45-35-54-46(34-49(45)58)44-24-8-12-28-53(44)63-54/h1-35H. The van der Waals surface area contributed by atoms with E-state index in [0.717, 1.165) is 61.6 Å². The molecule has 13 rings (SSSR count). The average molecular weight is 822 g/mol. The Morgan fingerprint density at radius 1 is 0.317 bits per heavy atom. The second-order valence-electron chi connectivity index (χ2n) is 16.3. The lowest BCUT2D eigenvalue weighted by Crippen LogP contribution is -2.32. The molecule has 0 fully saturated rings. The highest BCUT2D eigenvalue weighted by Gasteiger charge is 2.51. The van der Waals surface area contributed by atoms with Gasteiger partial charge in [-0.25, -0.2) is 15.0 Å². The van der Waals surface area contributed by atoms with E-state index in [2.05, 4.69) is 152 Å². The Kier molecular flexibility index (Phi) is 7.96. The minimum absolute atomic E-state index is 0.586. The first-order valence-corrected chi connectivity index (χ1v) is 22.1. The molecule has 4 nitrogen and oxygen atoms in total. The van der Waals surface area contributed by atoms with Gasteiger partial charge in [-0.15, -0.1) is 11.3 Å². The largest absolute Gasteiger partial charge is 0.457 e. The van der Waals surface area contributed by atoms with E-state index in [1.807, 2.05) is 72.0 Å². The van der Waals surface area contributed by atoms with Crippen molar-refractivity contribution in [1.82, 2.24) is 15.0 Å². The molecule has 3 heterocycles. The summed E-state index contributed by atoms with van der Waals surface area (Å²) in [5, 5.41) is 2.59. The number of nitrogens with zero attached hydrogens (tertiary/aromatic N) is 3. The van der Waals surface area contributed by atoms with Crippen molar-refractivity contribution in [2.45, 2.75) is 5.41 Å². The van der Waals surface area contributed by atoms with Crippen LogP contribution in [-0.4, -0.2) is 15.0 Å². The molecule has 0 saturated carbocycles. The van der Waals surface area contributed by atoms with Gasteiger partial charge in [0, 0.05) is 48.0 Å². The lowest BCUT2D eigenvalue weighted by Gasteiger charge is -2.39. The highest BCUT2D eigenvalue weighted by Crippen LogP contribution is 2.63. The third kappa shape index (κ3) is 5.57. The predicted octanol–water partition coefficient (Wildman–Crippen LogP) is 15.0. The van der Waals surface area contributed by atoms with Gasteiger partial charge in [-0.2, -0.15) is 0 Å². The van der Waals surface area contributed by atoms with Crippen molar-refractivity contribution in [2.24, 2.45) is 0 Å². The summed E-state index contributed by atoms with van der Waals surface area (Å²) in [5.41, 5.74) is 14.1. The van der Waals surface area contributed by atoms with Crippen LogP contribution >= 0.6 is 11.3 Å². The van der Waals surface area contributed by atoms with Crippen molar-refractivity contribution < 1.29 is 4.74 Å². The molecular weight excluding hydrogens is 787 g/mol. The van der Waals surface area contributed by atoms with Gasteiger partial charge in [0.1, 0.15) is 11.5 Å². The molecule has 2 aliphatic rings. The number of hydrogen-bond acceptors (Lipinski definition) is 5. The first-order valence-electron chi connectivity index (χ1n) is 21.2. The topological polar surface area (TPSA) is 47.9 Å². The lowest BCUT2D eigenvalue weighted by atomic mass is 9.65. The fourth-order valence-electron chi connectivity index (χ4n) is 9.95. The molecule has 0 amide bonds. The van der Waals surface area contributed by atoms with E-state index in [0.29, 0.717) is 17.5 Å². The SMILES string of the molecule is c1ccc(-c2nc(-c3ccccc3)nc(-c3cccc(-c4cccc(-c5ccc6c(c5)C5(c7ccccc7O6)c6ccccc6-c6cc7sc8ccccc8c7cc65)c4)c3)n2)cc1. The third-order valence-electron chi connectivity index (χ3n) is 12.8. The maximum Gasteiger partial charge on any atom is 0.164 e. The zero-order valence-electron chi connectivity index (χ0n) is 33.9. The van der Waals surface area contributed by atoms with Gasteiger partial charge < -0.3 is 4.74 Å². The van der Waals surface area contributed by atoms with Crippen LogP contribution in [0.3, 0.4) is 0 Å². The van der Waals surface area contributed by atoms with Gasteiger partial charge >= 0.3 is 0 Å². The van der Waals surface area contributed by atoms with E-state index >= 15 is 0 Å². The number of para-hydroxylation sites is 1. The van der Waals surface area contributed by atoms with Gasteiger partial charge in [-0.3, -0.25) is 0 Å². The molecule has 0 bridgehead atoms. The highest BCUT2D eigenvalue weighted by atomic mass is 32.1. The monoisotopic (exact) mass is 821 g/mol. The Morgan fingerprint density at radius 3 is 1.59 bits per heavy atom. The Morgan fingerprint density at radius 2 is 0.857 bits per heavy atom. The number of aromatic nitrogens is 3. The molecule has 5 heteroatoms. The molecule has 0 radical (unpaired) electrons. The van der Waals surface area contributed by atoms with Crippen LogP contribution in [0.4, 0.5) is 0 Å². The second-order valence-corrected chi connectivity index (χ2v) is 17.4. The molecule has 1 unspecified atom stereocenters. The van der Waals surface area contributed by atoms with Gasteiger partial charge in [0.05, 0.1) is 5.41 Å². The first kappa shape index (κ1) is 35.7. The van der Waals surface area contributed by atoms with Crippen LogP contribution in [0.1, 0.15) is 22.3 Å². The smallest absolute Gasteiger partial charge is 0.164 e. The average Bonchev–Trinajstić information content (AvgIpc) is 3.86. The molecule has 9 aromatic carbocycles. The maximum absolute atomic E-state index is 6.84. The molecule has 294 valence electrons. The van der Waals surface area contributed by atoms with Crippen LogP contribution in [0.15, 0.2) is 212 Å². The van der Waals surface area contributed by atoms with Crippen molar-refractivity contribution in [2.75, 3.05) is 0 Å².